The number of aryl methyl sites for hydroxylation is 1. The number of anilines is 1. The fraction of sp³-hybridized carbons (Fsp3) is 0.571. The van der Waals surface area contributed by atoms with Gasteiger partial charge in [0.1, 0.15) is 11.6 Å². The minimum Gasteiger partial charge on any atom is -0.375 e. The van der Waals surface area contributed by atoms with Crippen LogP contribution in [-0.4, -0.2) is 46.7 Å². The molecule has 0 atom stereocenters. The molecule has 5 heterocycles. The van der Waals surface area contributed by atoms with Crippen LogP contribution in [0.4, 0.5) is 5.82 Å². The SMILES string of the molecule is Cc1cc2nc(N3CCN4CCC3CC4)cc(=O)n2o1. The zero-order valence-corrected chi connectivity index (χ0v) is 11.6. The third-order valence-electron chi connectivity index (χ3n) is 4.41. The van der Waals surface area contributed by atoms with Crippen LogP contribution in [0.15, 0.2) is 21.5 Å². The van der Waals surface area contributed by atoms with Crippen molar-refractivity contribution in [2.24, 2.45) is 0 Å². The van der Waals surface area contributed by atoms with Crippen molar-refractivity contribution < 1.29 is 4.52 Å². The molecule has 2 bridgehead atoms. The fourth-order valence-electron chi connectivity index (χ4n) is 3.35. The molecule has 3 aliphatic rings. The molecular weight excluding hydrogens is 256 g/mol. The minimum absolute atomic E-state index is 0.141. The van der Waals surface area contributed by atoms with E-state index >= 15 is 0 Å². The van der Waals surface area contributed by atoms with E-state index in [1.165, 1.54) is 4.57 Å². The summed E-state index contributed by atoms with van der Waals surface area (Å²) in [5.41, 5.74) is 0.460. The molecule has 2 aromatic rings. The summed E-state index contributed by atoms with van der Waals surface area (Å²) in [7, 11) is 0. The molecule has 20 heavy (non-hydrogen) atoms. The second-order valence-electron chi connectivity index (χ2n) is 5.72. The summed E-state index contributed by atoms with van der Waals surface area (Å²) in [6.45, 7) is 6.15. The second kappa shape index (κ2) is 4.34. The first-order chi connectivity index (χ1) is 9.70. The van der Waals surface area contributed by atoms with E-state index in [1.54, 1.807) is 6.07 Å². The first kappa shape index (κ1) is 12.0. The molecule has 3 saturated heterocycles. The van der Waals surface area contributed by atoms with Gasteiger partial charge < -0.3 is 14.3 Å². The molecule has 106 valence electrons. The Hall–Kier alpha value is -1.82. The van der Waals surface area contributed by atoms with Gasteiger partial charge in [0.05, 0.1) is 0 Å². The lowest BCUT2D eigenvalue weighted by Gasteiger charge is -2.31. The van der Waals surface area contributed by atoms with E-state index in [4.69, 9.17) is 4.52 Å². The molecular formula is C14H18N4O2. The van der Waals surface area contributed by atoms with Crippen LogP contribution in [0.1, 0.15) is 18.6 Å². The maximum Gasteiger partial charge on any atom is 0.289 e. The highest BCUT2D eigenvalue weighted by atomic mass is 16.5. The Morgan fingerprint density at radius 3 is 2.80 bits per heavy atom. The van der Waals surface area contributed by atoms with E-state index < -0.39 is 0 Å². The van der Waals surface area contributed by atoms with Crippen molar-refractivity contribution in [2.45, 2.75) is 25.8 Å². The van der Waals surface area contributed by atoms with Gasteiger partial charge in [0.15, 0.2) is 5.65 Å². The largest absolute Gasteiger partial charge is 0.375 e. The van der Waals surface area contributed by atoms with E-state index in [0.29, 0.717) is 17.4 Å². The van der Waals surface area contributed by atoms with Crippen molar-refractivity contribution in [2.75, 3.05) is 31.1 Å². The van der Waals surface area contributed by atoms with Crippen LogP contribution < -0.4 is 10.5 Å². The van der Waals surface area contributed by atoms with Gasteiger partial charge in [-0.1, -0.05) is 0 Å². The zero-order valence-electron chi connectivity index (χ0n) is 11.6. The lowest BCUT2D eigenvalue weighted by atomic mass is 10.1. The van der Waals surface area contributed by atoms with Crippen molar-refractivity contribution in [1.29, 1.82) is 0 Å². The molecule has 0 radical (unpaired) electrons. The van der Waals surface area contributed by atoms with Gasteiger partial charge in [-0.15, -0.1) is 4.57 Å². The van der Waals surface area contributed by atoms with Crippen LogP contribution in [0, 0.1) is 6.92 Å². The summed E-state index contributed by atoms with van der Waals surface area (Å²) in [5, 5.41) is 0. The molecule has 0 N–H and O–H groups in total. The monoisotopic (exact) mass is 274 g/mol. The van der Waals surface area contributed by atoms with Gasteiger partial charge >= 0.3 is 0 Å². The second-order valence-corrected chi connectivity index (χ2v) is 5.72. The van der Waals surface area contributed by atoms with Gasteiger partial charge in [0.2, 0.25) is 0 Å². The predicted octanol–water partition coefficient (Wildman–Crippen LogP) is 0.880. The van der Waals surface area contributed by atoms with E-state index in [0.717, 1.165) is 44.8 Å². The van der Waals surface area contributed by atoms with E-state index in [2.05, 4.69) is 14.8 Å². The van der Waals surface area contributed by atoms with E-state index in [1.807, 2.05) is 13.0 Å². The molecule has 0 saturated carbocycles. The molecule has 0 spiro atoms. The number of hydrogen-bond donors (Lipinski definition) is 0. The molecule has 6 heteroatoms. The lowest BCUT2D eigenvalue weighted by molar-refractivity contribution is 0.250. The fourth-order valence-corrected chi connectivity index (χ4v) is 3.35. The Morgan fingerprint density at radius 2 is 2.00 bits per heavy atom. The molecule has 0 amide bonds. The Kier molecular flexibility index (Phi) is 2.60. The zero-order chi connectivity index (χ0) is 13.7. The normalized spacial score (nSPS) is 26.1. The first-order valence-corrected chi connectivity index (χ1v) is 7.20. The Bertz CT molecular complexity index is 697. The highest BCUT2D eigenvalue weighted by molar-refractivity contribution is 5.48. The number of fused-ring (bicyclic) bond motifs is 5. The van der Waals surface area contributed by atoms with Crippen LogP contribution in [0.2, 0.25) is 0 Å². The summed E-state index contributed by atoms with van der Waals surface area (Å²) in [5.74, 6) is 1.50. The van der Waals surface area contributed by atoms with Crippen molar-refractivity contribution >= 4 is 11.5 Å². The Balaban J connectivity index is 1.79. The average molecular weight is 274 g/mol. The smallest absolute Gasteiger partial charge is 0.289 e. The molecule has 0 unspecified atom stereocenters. The van der Waals surface area contributed by atoms with Gasteiger partial charge in [0, 0.05) is 44.4 Å². The number of rotatable bonds is 1. The summed E-state index contributed by atoms with van der Waals surface area (Å²) < 4.78 is 6.60. The van der Waals surface area contributed by atoms with Gasteiger partial charge in [-0.05, 0) is 19.8 Å². The summed E-state index contributed by atoms with van der Waals surface area (Å²) in [6.07, 6.45) is 2.32. The van der Waals surface area contributed by atoms with Crippen molar-refractivity contribution in [1.82, 2.24) is 14.5 Å². The van der Waals surface area contributed by atoms with Crippen LogP contribution in [0.3, 0.4) is 0 Å². The molecule has 0 aliphatic carbocycles. The number of nitrogens with zero attached hydrogens (tertiary/aromatic N) is 4. The minimum atomic E-state index is -0.141. The van der Waals surface area contributed by atoms with Crippen LogP contribution in [0.25, 0.3) is 5.65 Å². The topological polar surface area (TPSA) is 54.0 Å². The van der Waals surface area contributed by atoms with Crippen LogP contribution in [0.5, 0.6) is 0 Å². The third-order valence-corrected chi connectivity index (χ3v) is 4.41. The van der Waals surface area contributed by atoms with E-state index in [9.17, 15) is 4.79 Å². The third kappa shape index (κ3) is 1.83. The molecule has 6 nitrogen and oxygen atoms in total. The molecule has 2 aromatic heterocycles. The first-order valence-electron chi connectivity index (χ1n) is 7.20. The number of piperidine rings is 1. The van der Waals surface area contributed by atoms with Gasteiger partial charge in [-0.2, -0.15) is 0 Å². The summed E-state index contributed by atoms with van der Waals surface area (Å²) in [4.78, 5) is 21.5. The van der Waals surface area contributed by atoms with Crippen molar-refractivity contribution in [3.8, 4) is 0 Å². The molecule has 5 rings (SSSR count). The maximum atomic E-state index is 12.1. The van der Waals surface area contributed by atoms with Crippen LogP contribution in [-0.2, 0) is 0 Å². The number of aromatic nitrogens is 2. The predicted molar refractivity (Wildman–Crippen MR) is 75.3 cm³/mol. The Morgan fingerprint density at radius 1 is 1.20 bits per heavy atom. The highest BCUT2D eigenvalue weighted by Crippen LogP contribution is 2.25. The van der Waals surface area contributed by atoms with E-state index in [-0.39, 0.29) is 5.56 Å². The lowest BCUT2D eigenvalue weighted by Crippen LogP contribution is -2.38. The Labute approximate surface area is 116 Å². The highest BCUT2D eigenvalue weighted by Gasteiger charge is 2.30. The summed E-state index contributed by atoms with van der Waals surface area (Å²) >= 11 is 0. The van der Waals surface area contributed by atoms with Gasteiger partial charge in [0.25, 0.3) is 5.56 Å². The van der Waals surface area contributed by atoms with Gasteiger partial charge in [-0.25, -0.2) is 4.98 Å². The van der Waals surface area contributed by atoms with Crippen LogP contribution >= 0.6 is 0 Å². The average Bonchev–Trinajstić information content (AvgIpc) is 2.62. The van der Waals surface area contributed by atoms with Crippen molar-refractivity contribution in [3.05, 3.63) is 28.2 Å². The van der Waals surface area contributed by atoms with Gasteiger partial charge in [-0.3, -0.25) is 4.79 Å². The summed E-state index contributed by atoms with van der Waals surface area (Å²) in [6, 6.07) is 3.92. The standard InChI is InChI=1S/C14H18N4O2/c1-10-8-13-15-12(9-14(19)18(13)20-10)17-7-6-16-4-2-11(17)3-5-16/h8-9,11H,2-7H2,1H3. The van der Waals surface area contributed by atoms with Crippen molar-refractivity contribution in [3.63, 3.8) is 0 Å². The quantitative estimate of drug-likeness (QED) is 0.772. The maximum absolute atomic E-state index is 12.1. The molecule has 0 aromatic carbocycles. The number of hydrogen-bond acceptors (Lipinski definition) is 5. The molecule has 3 fully saturated rings. The molecule has 3 aliphatic heterocycles.